The van der Waals surface area contributed by atoms with Gasteiger partial charge in [0.25, 0.3) is 0 Å². The molecule has 0 fully saturated rings. The molecule has 2 heterocycles. The van der Waals surface area contributed by atoms with Crippen molar-refractivity contribution in [2.45, 2.75) is 0 Å². The molecule has 2 aromatic heterocycles. The number of imidazole rings is 2. The van der Waals surface area contributed by atoms with E-state index in [-0.39, 0.29) is 17.2 Å². The first-order chi connectivity index (χ1) is 17.7. The smallest absolute Gasteiger partial charge is 0.146 e. The van der Waals surface area contributed by atoms with E-state index in [1.807, 2.05) is 6.07 Å². The fraction of sp³-hybridized carbons (Fsp3) is 0. The van der Waals surface area contributed by atoms with Gasteiger partial charge in [-0.15, -0.1) is 0 Å². The number of nitrogens with one attached hydrogen (secondary N) is 2. The average Bonchev–Trinajstić information content (AvgIpc) is 3.60. The summed E-state index contributed by atoms with van der Waals surface area (Å²) in [6.45, 7) is 0. The Morgan fingerprint density at radius 1 is 0.583 bits per heavy atom. The number of aromatic nitrogens is 4. The van der Waals surface area contributed by atoms with Crippen molar-refractivity contribution in [2.75, 3.05) is 0 Å². The maximum atomic E-state index is 10.8. The fourth-order valence-electron chi connectivity index (χ4n) is 4.36. The van der Waals surface area contributed by atoms with Crippen LogP contribution in [0.3, 0.4) is 0 Å². The second-order valence-electron chi connectivity index (χ2n) is 8.34. The molecule has 0 amide bonds. The van der Waals surface area contributed by atoms with Gasteiger partial charge in [-0.1, -0.05) is 54.6 Å². The van der Waals surface area contributed by atoms with E-state index in [0.29, 0.717) is 11.1 Å². The van der Waals surface area contributed by atoms with Crippen LogP contribution in [0.25, 0.3) is 55.7 Å². The standard InChI is InChI=1S/C28H20N4O2P2/c33-15-35-27-29-14-26(32-27)19-5-7-20-11-23(12-21(20)8-6-19)18-3-1-17(2-4-18)22-9-10-24-25(13-22)31-28(30-24)36-16-34/h1-16,35-36H,(H,29,32)(H,30,31). The maximum absolute atomic E-state index is 10.8. The van der Waals surface area contributed by atoms with Crippen molar-refractivity contribution >= 4 is 51.4 Å². The monoisotopic (exact) mass is 506 g/mol. The van der Waals surface area contributed by atoms with E-state index in [2.05, 4.69) is 92.7 Å². The molecule has 2 unspecified atom stereocenters. The van der Waals surface area contributed by atoms with Gasteiger partial charge < -0.3 is 9.97 Å². The van der Waals surface area contributed by atoms with Crippen LogP contribution >= 0.6 is 17.2 Å². The SMILES string of the molecule is O=CPc1ncc(-c2ccc3cc(-c4ccc(-c5ccc6nc(PC=O)[nH]c6c5)cc4)cc-3cc2)[nH]1. The highest BCUT2D eigenvalue weighted by Crippen LogP contribution is 2.34. The Kier molecular flexibility index (Phi) is 5.98. The third kappa shape index (κ3) is 4.37. The molecule has 6 rings (SSSR count). The number of hydrogen-bond acceptors (Lipinski definition) is 4. The third-order valence-electron chi connectivity index (χ3n) is 6.15. The van der Waals surface area contributed by atoms with Crippen molar-refractivity contribution in [1.82, 2.24) is 19.9 Å². The van der Waals surface area contributed by atoms with Crippen molar-refractivity contribution in [3.8, 4) is 44.6 Å². The number of aromatic amines is 2. The molecule has 174 valence electrons. The molecule has 36 heavy (non-hydrogen) atoms. The summed E-state index contributed by atoms with van der Waals surface area (Å²) < 4.78 is 0. The minimum atomic E-state index is 0.0376. The van der Waals surface area contributed by atoms with Crippen LogP contribution in [0, 0.1) is 0 Å². The van der Waals surface area contributed by atoms with Crippen molar-refractivity contribution in [2.24, 2.45) is 0 Å². The summed E-state index contributed by atoms with van der Waals surface area (Å²) in [6, 6.07) is 29.2. The van der Waals surface area contributed by atoms with Gasteiger partial charge in [0, 0.05) is 17.2 Å². The van der Waals surface area contributed by atoms with E-state index in [4.69, 9.17) is 0 Å². The summed E-state index contributed by atoms with van der Waals surface area (Å²) in [6.07, 6.45) is 1.77. The van der Waals surface area contributed by atoms with E-state index < -0.39 is 0 Å². The van der Waals surface area contributed by atoms with Gasteiger partial charge >= 0.3 is 0 Å². The predicted molar refractivity (Wildman–Crippen MR) is 151 cm³/mol. The Hall–Kier alpha value is -3.98. The van der Waals surface area contributed by atoms with Crippen molar-refractivity contribution < 1.29 is 9.59 Å². The summed E-state index contributed by atoms with van der Waals surface area (Å²) in [4.78, 5) is 36.7. The van der Waals surface area contributed by atoms with Crippen LogP contribution in [0.1, 0.15) is 0 Å². The van der Waals surface area contributed by atoms with Gasteiger partial charge in [0.05, 0.1) is 22.9 Å². The second kappa shape index (κ2) is 9.58. The number of H-pyrrole nitrogens is 2. The molecule has 2 aromatic carbocycles. The number of carbonyl (C=O) groups is 2. The molecule has 0 saturated heterocycles. The minimum Gasteiger partial charge on any atom is -0.338 e. The number of hydrogen-bond donors (Lipinski definition) is 2. The normalized spacial score (nSPS) is 11.9. The van der Waals surface area contributed by atoms with Gasteiger partial charge in [0.1, 0.15) is 23.2 Å². The summed E-state index contributed by atoms with van der Waals surface area (Å²) in [5, 5.41) is 0. The zero-order chi connectivity index (χ0) is 24.5. The van der Waals surface area contributed by atoms with Gasteiger partial charge in [0.2, 0.25) is 0 Å². The Morgan fingerprint density at radius 2 is 1.14 bits per heavy atom. The lowest BCUT2D eigenvalue weighted by Crippen LogP contribution is -1.97. The number of nitrogens with zero attached hydrogens (tertiary/aromatic N) is 2. The van der Waals surface area contributed by atoms with Crippen LogP contribution in [-0.4, -0.2) is 32.0 Å². The molecule has 2 aliphatic carbocycles. The Morgan fingerprint density at radius 3 is 1.83 bits per heavy atom. The molecule has 2 N–H and O–H groups in total. The van der Waals surface area contributed by atoms with Crippen LogP contribution in [0.15, 0.2) is 85.1 Å². The molecule has 2 aliphatic rings. The highest BCUT2D eigenvalue weighted by atomic mass is 31.1. The van der Waals surface area contributed by atoms with Crippen LogP contribution in [0.4, 0.5) is 0 Å². The van der Waals surface area contributed by atoms with Gasteiger partial charge in [-0.2, -0.15) is 0 Å². The molecular formula is C28H20N4O2P2. The predicted octanol–water partition coefficient (Wildman–Crippen LogP) is 5.38. The highest BCUT2D eigenvalue weighted by molar-refractivity contribution is 7.62. The summed E-state index contributed by atoms with van der Waals surface area (Å²) >= 11 is 0. The first-order valence-corrected chi connectivity index (χ1v) is 13.5. The quantitative estimate of drug-likeness (QED) is 0.225. The fourth-order valence-corrected chi connectivity index (χ4v) is 5.32. The largest absolute Gasteiger partial charge is 0.338 e. The molecule has 8 heteroatoms. The first-order valence-electron chi connectivity index (χ1n) is 11.3. The molecule has 0 aliphatic heterocycles. The van der Waals surface area contributed by atoms with Crippen molar-refractivity contribution in [3.63, 3.8) is 0 Å². The van der Waals surface area contributed by atoms with Crippen LogP contribution < -0.4 is 11.1 Å². The van der Waals surface area contributed by atoms with Gasteiger partial charge in [-0.3, -0.25) is 9.59 Å². The molecule has 0 bridgehead atoms. The zero-order valence-corrected chi connectivity index (χ0v) is 20.9. The van der Waals surface area contributed by atoms with E-state index in [9.17, 15) is 9.59 Å². The lowest BCUT2D eigenvalue weighted by Gasteiger charge is -2.04. The summed E-state index contributed by atoms with van der Waals surface area (Å²) in [5.41, 5.74) is 12.0. The number of benzene rings is 2. The maximum Gasteiger partial charge on any atom is 0.146 e. The third-order valence-corrected chi connectivity index (χ3v) is 7.43. The van der Waals surface area contributed by atoms with Gasteiger partial charge in [0.15, 0.2) is 0 Å². The Balaban J connectivity index is 1.26. The Bertz CT molecular complexity index is 1650. The van der Waals surface area contributed by atoms with Crippen LogP contribution in [0.2, 0.25) is 0 Å². The van der Waals surface area contributed by atoms with E-state index in [1.165, 1.54) is 5.56 Å². The average molecular weight is 506 g/mol. The van der Waals surface area contributed by atoms with Crippen molar-refractivity contribution in [1.29, 1.82) is 0 Å². The molecule has 0 radical (unpaired) electrons. The molecule has 4 aromatic rings. The van der Waals surface area contributed by atoms with E-state index >= 15 is 0 Å². The number of carbonyl (C=O) groups excluding carboxylic acids is 2. The minimum absolute atomic E-state index is 0.0376. The molecule has 0 spiro atoms. The topological polar surface area (TPSA) is 91.5 Å². The highest BCUT2D eigenvalue weighted by Gasteiger charge is 2.10. The molecule has 6 nitrogen and oxygen atoms in total. The Labute approximate surface area is 210 Å². The van der Waals surface area contributed by atoms with Gasteiger partial charge in [-0.05, 0) is 63.2 Å². The lowest BCUT2D eigenvalue weighted by molar-refractivity contribution is 0.569. The molecule has 2 atom stereocenters. The van der Waals surface area contributed by atoms with Crippen LogP contribution in [0.5, 0.6) is 0 Å². The van der Waals surface area contributed by atoms with Crippen molar-refractivity contribution in [3.05, 3.63) is 85.1 Å². The zero-order valence-electron chi connectivity index (χ0n) is 18.9. The number of fused-ring (bicyclic) bond motifs is 2. The van der Waals surface area contributed by atoms with E-state index in [0.717, 1.165) is 62.2 Å². The second-order valence-corrected chi connectivity index (χ2v) is 10.3. The van der Waals surface area contributed by atoms with E-state index in [1.54, 1.807) is 6.20 Å². The molecule has 0 saturated carbocycles. The van der Waals surface area contributed by atoms with Gasteiger partial charge in [-0.25, -0.2) is 9.97 Å². The first kappa shape index (κ1) is 22.5. The number of rotatable bonds is 7. The molecular weight excluding hydrogens is 486 g/mol. The summed E-state index contributed by atoms with van der Waals surface area (Å²) in [5.74, 6) is 0. The summed E-state index contributed by atoms with van der Waals surface area (Å²) in [7, 11) is 0.0761. The lowest BCUT2D eigenvalue weighted by atomic mass is 10.0. The van der Waals surface area contributed by atoms with Crippen LogP contribution in [-0.2, 0) is 9.59 Å².